The third kappa shape index (κ3) is 1.29. The van der Waals surface area contributed by atoms with Crippen molar-refractivity contribution in [1.29, 1.82) is 0 Å². The zero-order valence-electron chi connectivity index (χ0n) is 8.16. The zero-order valence-corrected chi connectivity index (χ0v) is 8.16. The molecular formula is C11H11N3O. The number of anilines is 1. The Labute approximate surface area is 87.4 Å². The maximum atomic E-state index is 11.6. The Bertz CT molecular complexity index is 453. The van der Waals surface area contributed by atoms with Crippen LogP contribution < -0.4 is 10.6 Å². The molecule has 1 aromatic carbocycles. The fourth-order valence-corrected chi connectivity index (χ4v) is 2.05. The van der Waals surface area contributed by atoms with Gasteiger partial charge in [-0.2, -0.15) is 0 Å². The summed E-state index contributed by atoms with van der Waals surface area (Å²) in [5.74, 6) is 0.744. The van der Waals surface area contributed by atoms with Crippen molar-refractivity contribution in [2.24, 2.45) is 10.9 Å². The van der Waals surface area contributed by atoms with E-state index in [0.717, 1.165) is 17.9 Å². The second kappa shape index (κ2) is 3.08. The second-order valence-electron chi connectivity index (χ2n) is 3.78. The predicted octanol–water partition coefficient (Wildman–Crippen LogP) is 0.757. The highest BCUT2D eigenvalue weighted by molar-refractivity contribution is 6.12. The van der Waals surface area contributed by atoms with Crippen LogP contribution in [0.2, 0.25) is 0 Å². The van der Waals surface area contributed by atoms with Gasteiger partial charge in [0.05, 0.1) is 5.92 Å². The molecule has 1 unspecified atom stereocenters. The van der Waals surface area contributed by atoms with Crippen molar-refractivity contribution in [2.45, 2.75) is 6.42 Å². The van der Waals surface area contributed by atoms with Gasteiger partial charge in [-0.05, 0) is 18.1 Å². The van der Waals surface area contributed by atoms with Crippen LogP contribution in [0.15, 0.2) is 29.3 Å². The summed E-state index contributed by atoms with van der Waals surface area (Å²) >= 11 is 0. The first-order chi connectivity index (χ1) is 7.34. The number of carbonyl (C=O) groups is 1. The van der Waals surface area contributed by atoms with E-state index in [1.54, 1.807) is 0 Å². The minimum Gasteiger partial charge on any atom is -0.343 e. The summed E-state index contributed by atoms with van der Waals surface area (Å²) in [4.78, 5) is 15.9. The lowest BCUT2D eigenvalue weighted by atomic mass is 9.91. The van der Waals surface area contributed by atoms with Crippen LogP contribution in [0, 0.1) is 5.92 Å². The van der Waals surface area contributed by atoms with Gasteiger partial charge in [0.2, 0.25) is 5.91 Å². The van der Waals surface area contributed by atoms with E-state index >= 15 is 0 Å². The number of amides is 1. The Hall–Kier alpha value is -1.84. The monoisotopic (exact) mass is 201 g/mol. The lowest BCUT2D eigenvalue weighted by Crippen LogP contribution is -2.46. The number of para-hydroxylation sites is 1. The SMILES string of the molecule is O=C1NCN=C2Nc3ccccc3CC12. The van der Waals surface area contributed by atoms with Crippen LogP contribution in [0.5, 0.6) is 0 Å². The summed E-state index contributed by atoms with van der Waals surface area (Å²) in [6.07, 6.45) is 0.744. The largest absolute Gasteiger partial charge is 0.343 e. The molecule has 1 aromatic rings. The molecule has 4 nitrogen and oxygen atoms in total. The third-order valence-corrected chi connectivity index (χ3v) is 2.85. The molecule has 0 aromatic heterocycles. The third-order valence-electron chi connectivity index (χ3n) is 2.85. The van der Waals surface area contributed by atoms with E-state index in [9.17, 15) is 4.79 Å². The summed E-state index contributed by atoms with van der Waals surface area (Å²) < 4.78 is 0. The zero-order chi connectivity index (χ0) is 10.3. The molecule has 3 rings (SSSR count). The van der Waals surface area contributed by atoms with E-state index in [-0.39, 0.29) is 11.8 Å². The maximum absolute atomic E-state index is 11.6. The fraction of sp³-hybridized carbons (Fsp3) is 0.273. The van der Waals surface area contributed by atoms with Crippen molar-refractivity contribution in [3.8, 4) is 0 Å². The lowest BCUT2D eigenvalue weighted by Gasteiger charge is -2.29. The van der Waals surface area contributed by atoms with E-state index in [4.69, 9.17) is 0 Å². The highest BCUT2D eigenvalue weighted by Gasteiger charge is 2.31. The molecule has 1 amide bonds. The molecule has 0 saturated heterocycles. The molecule has 0 bridgehead atoms. The van der Waals surface area contributed by atoms with Crippen molar-refractivity contribution >= 4 is 17.4 Å². The summed E-state index contributed by atoms with van der Waals surface area (Å²) in [5, 5.41) is 5.96. The lowest BCUT2D eigenvalue weighted by molar-refractivity contribution is -0.123. The topological polar surface area (TPSA) is 53.5 Å². The first-order valence-electron chi connectivity index (χ1n) is 5.01. The number of hydrogen-bond acceptors (Lipinski definition) is 3. The molecule has 0 spiro atoms. The number of nitrogens with one attached hydrogen (secondary N) is 2. The number of amidine groups is 1. The summed E-state index contributed by atoms with van der Waals surface area (Å²) in [6, 6.07) is 8.03. The van der Waals surface area contributed by atoms with Crippen LogP contribution in [0.25, 0.3) is 0 Å². The number of aliphatic imine (C=N–C) groups is 1. The molecule has 1 atom stereocenters. The molecule has 76 valence electrons. The molecule has 2 heterocycles. The average molecular weight is 201 g/mol. The standard InChI is InChI=1S/C11H11N3O/c15-11-8-5-7-3-1-2-4-9(7)14-10(8)12-6-13-11/h1-4,8H,5-6H2,(H,12,14)(H,13,15). The summed E-state index contributed by atoms with van der Waals surface area (Å²) in [5.41, 5.74) is 2.25. The van der Waals surface area contributed by atoms with Gasteiger partial charge in [-0.1, -0.05) is 18.2 Å². The van der Waals surface area contributed by atoms with Crippen LogP contribution in [-0.2, 0) is 11.2 Å². The van der Waals surface area contributed by atoms with Crippen LogP contribution in [0.3, 0.4) is 0 Å². The summed E-state index contributed by atoms with van der Waals surface area (Å²) in [6.45, 7) is 0.389. The van der Waals surface area contributed by atoms with Gasteiger partial charge in [-0.25, -0.2) is 0 Å². The van der Waals surface area contributed by atoms with E-state index in [0.29, 0.717) is 6.67 Å². The van der Waals surface area contributed by atoms with Gasteiger partial charge in [-0.3, -0.25) is 9.79 Å². The van der Waals surface area contributed by atoms with Crippen LogP contribution in [0.1, 0.15) is 5.56 Å². The van der Waals surface area contributed by atoms with Crippen molar-refractivity contribution < 1.29 is 4.79 Å². The van der Waals surface area contributed by atoms with E-state index < -0.39 is 0 Å². The number of carbonyl (C=O) groups excluding carboxylic acids is 1. The number of fused-ring (bicyclic) bond motifs is 2. The van der Waals surface area contributed by atoms with E-state index in [2.05, 4.69) is 15.6 Å². The highest BCUT2D eigenvalue weighted by Crippen LogP contribution is 2.26. The fourth-order valence-electron chi connectivity index (χ4n) is 2.05. The Balaban J connectivity index is 2.04. The van der Waals surface area contributed by atoms with Gasteiger partial charge in [0.1, 0.15) is 12.5 Å². The summed E-state index contributed by atoms with van der Waals surface area (Å²) in [7, 11) is 0. The Morgan fingerprint density at radius 3 is 3.13 bits per heavy atom. The molecule has 0 aliphatic carbocycles. The van der Waals surface area contributed by atoms with Crippen LogP contribution in [0.4, 0.5) is 5.69 Å². The number of benzene rings is 1. The van der Waals surface area contributed by atoms with E-state index in [1.165, 1.54) is 5.56 Å². The number of hydrogen-bond donors (Lipinski definition) is 2. The molecule has 0 radical (unpaired) electrons. The van der Waals surface area contributed by atoms with Crippen molar-refractivity contribution in [2.75, 3.05) is 12.0 Å². The van der Waals surface area contributed by atoms with Crippen LogP contribution >= 0.6 is 0 Å². The normalized spacial score (nSPS) is 23.1. The second-order valence-corrected chi connectivity index (χ2v) is 3.78. The molecule has 0 saturated carbocycles. The molecule has 15 heavy (non-hydrogen) atoms. The first kappa shape index (κ1) is 8.47. The maximum Gasteiger partial charge on any atom is 0.232 e. The molecule has 2 N–H and O–H groups in total. The quantitative estimate of drug-likeness (QED) is 0.651. The Morgan fingerprint density at radius 1 is 1.33 bits per heavy atom. The Kier molecular flexibility index (Phi) is 1.74. The van der Waals surface area contributed by atoms with Crippen molar-refractivity contribution in [1.82, 2.24) is 5.32 Å². The highest BCUT2D eigenvalue weighted by atomic mass is 16.2. The molecular weight excluding hydrogens is 190 g/mol. The van der Waals surface area contributed by atoms with Gasteiger partial charge in [0, 0.05) is 5.69 Å². The van der Waals surface area contributed by atoms with Gasteiger partial charge >= 0.3 is 0 Å². The molecule has 0 fully saturated rings. The Morgan fingerprint density at radius 2 is 2.20 bits per heavy atom. The van der Waals surface area contributed by atoms with Crippen molar-refractivity contribution in [3.63, 3.8) is 0 Å². The molecule has 2 aliphatic rings. The minimum atomic E-state index is -0.131. The molecule has 4 heteroatoms. The number of rotatable bonds is 0. The number of nitrogens with zero attached hydrogens (tertiary/aromatic N) is 1. The minimum absolute atomic E-state index is 0.0713. The van der Waals surface area contributed by atoms with Crippen molar-refractivity contribution in [3.05, 3.63) is 29.8 Å². The van der Waals surface area contributed by atoms with Gasteiger partial charge in [0.15, 0.2) is 0 Å². The smallest absolute Gasteiger partial charge is 0.232 e. The van der Waals surface area contributed by atoms with Crippen LogP contribution in [-0.4, -0.2) is 18.4 Å². The first-order valence-corrected chi connectivity index (χ1v) is 5.01. The van der Waals surface area contributed by atoms with Gasteiger partial charge in [-0.15, -0.1) is 0 Å². The van der Waals surface area contributed by atoms with Gasteiger partial charge in [0.25, 0.3) is 0 Å². The predicted molar refractivity (Wildman–Crippen MR) is 57.7 cm³/mol. The van der Waals surface area contributed by atoms with Gasteiger partial charge < -0.3 is 10.6 Å². The van der Waals surface area contributed by atoms with E-state index in [1.807, 2.05) is 24.3 Å². The molecule has 2 aliphatic heterocycles. The average Bonchev–Trinajstić information content (AvgIpc) is 2.27.